The molecule has 6 heteroatoms. The summed E-state index contributed by atoms with van der Waals surface area (Å²) in [6, 6.07) is 7.57. The number of nitrogens with zero attached hydrogens (tertiary/aromatic N) is 1. The highest BCUT2D eigenvalue weighted by Gasteiger charge is 2.28. The summed E-state index contributed by atoms with van der Waals surface area (Å²) in [5.41, 5.74) is 1.89. The lowest BCUT2D eigenvalue weighted by molar-refractivity contribution is -0.126. The minimum atomic E-state index is -0.136. The minimum Gasteiger partial charge on any atom is -0.355 e. The molecule has 23 heavy (non-hydrogen) atoms. The third-order valence-electron chi connectivity index (χ3n) is 4.02. The van der Waals surface area contributed by atoms with Crippen LogP contribution >= 0.6 is 0 Å². The number of hydrogen-bond donors (Lipinski definition) is 3. The highest BCUT2D eigenvalue weighted by molar-refractivity contribution is 5.90. The molecule has 0 aromatic heterocycles. The van der Waals surface area contributed by atoms with Crippen LogP contribution in [0, 0.1) is 12.8 Å². The van der Waals surface area contributed by atoms with Crippen molar-refractivity contribution in [3.63, 3.8) is 0 Å². The summed E-state index contributed by atoms with van der Waals surface area (Å²) in [7, 11) is 1.85. The Hall–Kier alpha value is -2.08. The number of urea groups is 1. The molecular formula is C17H26N4O2. The number of nitrogens with one attached hydrogen (secondary N) is 3. The van der Waals surface area contributed by atoms with Gasteiger partial charge in [0.25, 0.3) is 0 Å². The van der Waals surface area contributed by atoms with Crippen molar-refractivity contribution in [2.24, 2.45) is 5.92 Å². The third kappa shape index (κ3) is 5.25. The fourth-order valence-corrected chi connectivity index (χ4v) is 2.76. The highest BCUT2D eigenvalue weighted by Crippen LogP contribution is 2.18. The average molecular weight is 318 g/mol. The van der Waals surface area contributed by atoms with E-state index in [1.807, 2.05) is 38.2 Å². The molecule has 126 valence electrons. The van der Waals surface area contributed by atoms with Crippen LogP contribution in [0.5, 0.6) is 0 Å². The molecular weight excluding hydrogens is 292 g/mol. The molecule has 1 aromatic carbocycles. The van der Waals surface area contributed by atoms with E-state index in [1.165, 1.54) is 0 Å². The van der Waals surface area contributed by atoms with E-state index >= 15 is 0 Å². The number of likely N-dealkylation sites (tertiary alicyclic amines) is 1. The summed E-state index contributed by atoms with van der Waals surface area (Å²) in [4.78, 5) is 26.3. The Morgan fingerprint density at radius 1 is 1.30 bits per heavy atom. The number of aryl methyl sites for hydroxylation is 1. The van der Waals surface area contributed by atoms with Gasteiger partial charge >= 0.3 is 6.03 Å². The molecule has 1 saturated heterocycles. The van der Waals surface area contributed by atoms with Crippen LogP contribution in [-0.2, 0) is 4.79 Å². The van der Waals surface area contributed by atoms with Gasteiger partial charge in [-0.2, -0.15) is 0 Å². The number of anilines is 1. The highest BCUT2D eigenvalue weighted by atomic mass is 16.2. The Balaban J connectivity index is 1.87. The molecule has 0 aliphatic carbocycles. The maximum absolute atomic E-state index is 12.4. The SMILES string of the molecule is CNCCNC(=O)C1CCCN(C(=O)Nc2cccc(C)c2)C1. The second-order valence-corrected chi connectivity index (χ2v) is 5.98. The van der Waals surface area contributed by atoms with Gasteiger partial charge in [-0.15, -0.1) is 0 Å². The maximum atomic E-state index is 12.4. The molecule has 0 spiro atoms. The standard InChI is InChI=1S/C17H26N4O2/c1-13-5-3-7-15(11-13)20-17(23)21-10-4-6-14(12-21)16(22)19-9-8-18-2/h3,5,7,11,14,18H,4,6,8-10,12H2,1-2H3,(H,19,22)(H,20,23). The minimum absolute atomic E-state index is 0.0355. The van der Waals surface area contributed by atoms with Crippen LogP contribution < -0.4 is 16.0 Å². The number of hydrogen-bond acceptors (Lipinski definition) is 3. The summed E-state index contributed by atoms with van der Waals surface area (Å²) >= 11 is 0. The van der Waals surface area contributed by atoms with E-state index in [4.69, 9.17) is 0 Å². The van der Waals surface area contributed by atoms with Crippen LogP contribution in [-0.4, -0.2) is 50.1 Å². The van der Waals surface area contributed by atoms with Crippen LogP contribution in [0.1, 0.15) is 18.4 Å². The number of benzene rings is 1. The summed E-state index contributed by atoms with van der Waals surface area (Å²) in [6.07, 6.45) is 1.69. The molecule has 0 radical (unpaired) electrons. The Morgan fingerprint density at radius 3 is 2.87 bits per heavy atom. The van der Waals surface area contributed by atoms with Crippen molar-refractivity contribution in [2.45, 2.75) is 19.8 Å². The van der Waals surface area contributed by atoms with Gasteiger partial charge in [-0.25, -0.2) is 4.79 Å². The molecule has 1 heterocycles. The molecule has 0 bridgehead atoms. The molecule has 0 saturated carbocycles. The lowest BCUT2D eigenvalue weighted by Crippen LogP contribution is -2.47. The van der Waals surface area contributed by atoms with Crippen molar-refractivity contribution in [1.82, 2.24) is 15.5 Å². The largest absolute Gasteiger partial charge is 0.355 e. The van der Waals surface area contributed by atoms with Crippen molar-refractivity contribution in [3.05, 3.63) is 29.8 Å². The Labute approximate surface area is 137 Å². The van der Waals surface area contributed by atoms with Crippen LogP contribution in [0.2, 0.25) is 0 Å². The van der Waals surface area contributed by atoms with Crippen LogP contribution in [0.4, 0.5) is 10.5 Å². The van der Waals surface area contributed by atoms with Gasteiger partial charge in [0.05, 0.1) is 5.92 Å². The van der Waals surface area contributed by atoms with Crippen LogP contribution in [0.25, 0.3) is 0 Å². The monoisotopic (exact) mass is 318 g/mol. The topological polar surface area (TPSA) is 73.5 Å². The lowest BCUT2D eigenvalue weighted by atomic mass is 9.97. The number of amides is 3. The van der Waals surface area contributed by atoms with E-state index < -0.39 is 0 Å². The van der Waals surface area contributed by atoms with E-state index in [0.29, 0.717) is 19.6 Å². The van der Waals surface area contributed by atoms with Crippen molar-refractivity contribution in [3.8, 4) is 0 Å². The number of rotatable bonds is 5. The Bertz CT molecular complexity index is 547. The molecule has 3 amide bonds. The molecule has 1 unspecified atom stereocenters. The zero-order valence-electron chi connectivity index (χ0n) is 13.9. The predicted octanol–water partition coefficient (Wildman–Crippen LogP) is 1.57. The first kappa shape index (κ1) is 17.3. The summed E-state index contributed by atoms with van der Waals surface area (Å²) < 4.78 is 0. The first-order valence-electron chi connectivity index (χ1n) is 8.15. The fraction of sp³-hybridized carbons (Fsp3) is 0.529. The normalized spacial score (nSPS) is 17.7. The predicted molar refractivity (Wildman–Crippen MR) is 91.4 cm³/mol. The number of carbonyl (C=O) groups excluding carboxylic acids is 2. The van der Waals surface area contributed by atoms with Crippen molar-refractivity contribution < 1.29 is 9.59 Å². The van der Waals surface area contributed by atoms with E-state index in [0.717, 1.165) is 30.6 Å². The second-order valence-electron chi connectivity index (χ2n) is 5.98. The Morgan fingerprint density at radius 2 is 2.13 bits per heavy atom. The maximum Gasteiger partial charge on any atom is 0.321 e. The van der Waals surface area contributed by atoms with Gasteiger partial charge in [0.2, 0.25) is 5.91 Å². The summed E-state index contributed by atoms with van der Waals surface area (Å²) in [6.45, 7) is 4.51. The van der Waals surface area contributed by atoms with Gasteiger partial charge in [0.1, 0.15) is 0 Å². The van der Waals surface area contributed by atoms with Gasteiger partial charge in [-0.1, -0.05) is 12.1 Å². The second kappa shape index (κ2) is 8.53. The van der Waals surface area contributed by atoms with Gasteiger partial charge < -0.3 is 20.9 Å². The van der Waals surface area contributed by atoms with E-state index in [1.54, 1.807) is 4.90 Å². The molecule has 1 atom stereocenters. The van der Waals surface area contributed by atoms with E-state index in [2.05, 4.69) is 16.0 Å². The molecule has 6 nitrogen and oxygen atoms in total. The van der Waals surface area contributed by atoms with Crippen molar-refractivity contribution >= 4 is 17.6 Å². The van der Waals surface area contributed by atoms with Gasteiger partial charge in [-0.05, 0) is 44.5 Å². The van der Waals surface area contributed by atoms with Gasteiger partial charge in [0.15, 0.2) is 0 Å². The van der Waals surface area contributed by atoms with Gasteiger partial charge in [0, 0.05) is 31.9 Å². The third-order valence-corrected chi connectivity index (χ3v) is 4.02. The summed E-state index contributed by atoms with van der Waals surface area (Å²) in [5, 5.41) is 8.82. The lowest BCUT2D eigenvalue weighted by Gasteiger charge is -2.32. The smallest absolute Gasteiger partial charge is 0.321 e. The van der Waals surface area contributed by atoms with Crippen molar-refractivity contribution in [2.75, 3.05) is 38.5 Å². The first-order valence-corrected chi connectivity index (χ1v) is 8.15. The molecule has 1 aliphatic rings. The zero-order chi connectivity index (χ0) is 16.7. The fourth-order valence-electron chi connectivity index (χ4n) is 2.76. The van der Waals surface area contributed by atoms with Crippen molar-refractivity contribution in [1.29, 1.82) is 0 Å². The van der Waals surface area contributed by atoms with Crippen LogP contribution in [0.15, 0.2) is 24.3 Å². The number of piperidine rings is 1. The summed E-state index contributed by atoms with van der Waals surface area (Å²) in [5.74, 6) is -0.0860. The molecule has 1 aromatic rings. The molecule has 2 rings (SSSR count). The molecule has 1 aliphatic heterocycles. The first-order chi connectivity index (χ1) is 11.1. The molecule has 3 N–H and O–H groups in total. The number of carbonyl (C=O) groups is 2. The zero-order valence-corrected chi connectivity index (χ0v) is 13.9. The van der Waals surface area contributed by atoms with Gasteiger partial charge in [-0.3, -0.25) is 4.79 Å². The van der Waals surface area contributed by atoms with E-state index in [9.17, 15) is 9.59 Å². The Kier molecular flexibility index (Phi) is 6.40. The quantitative estimate of drug-likeness (QED) is 0.722. The van der Waals surface area contributed by atoms with Crippen LogP contribution in [0.3, 0.4) is 0 Å². The molecule has 1 fully saturated rings. The average Bonchev–Trinajstić information content (AvgIpc) is 2.55. The number of likely N-dealkylation sites (N-methyl/N-ethyl adjacent to an activating group) is 1. The van der Waals surface area contributed by atoms with E-state index in [-0.39, 0.29) is 17.9 Å².